The molecule has 4 fully saturated rings. The summed E-state index contributed by atoms with van der Waals surface area (Å²) in [4.78, 5) is 2.58. The van der Waals surface area contributed by atoms with Crippen LogP contribution in [0.1, 0.15) is 147 Å². The van der Waals surface area contributed by atoms with Crippen LogP contribution in [0.5, 0.6) is 0 Å². The van der Waals surface area contributed by atoms with Crippen LogP contribution in [0.2, 0.25) is 0 Å². The zero-order valence-corrected chi connectivity index (χ0v) is 42.6. The van der Waals surface area contributed by atoms with E-state index in [9.17, 15) is 0 Å². The molecule has 4 bridgehead atoms. The number of benzene rings is 7. The minimum absolute atomic E-state index is 0.0901. The van der Waals surface area contributed by atoms with Crippen LogP contribution in [-0.4, -0.2) is 0 Å². The molecule has 0 unspecified atom stereocenters. The summed E-state index contributed by atoms with van der Waals surface area (Å²) in [6.07, 6.45) is 11.9. The smallest absolute Gasteiger partial charge is 0.0546 e. The summed E-state index contributed by atoms with van der Waals surface area (Å²) in [6, 6.07) is 60.0. The molecule has 7 aromatic carbocycles. The normalized spacial score (nSPS) is 25.7. The first kappa shape index (κ1) is 43.4. The zero-order chi connectivity index (χ0) is 47.2. The maximum atomic E-state index is 2.70. The van der Waals surface area contributed by atoms with Crippen LogP contribution in [0.4, 0.5) is 17.1 Å². The van der Waals surface area contributed by atoms with E-state index in [4.69, 9.17) is 0 Å². The van der Waals surface area contributed by atoms with Crippen LogP contribution in [-0.2, 0) is 27.1 Å². The quantitative estimate of drug-likeness (QED) is 0.161. The van der Waals surface area contributed by atoms with Gasteiger partial charge in [-0.2, -0.15) is 0 Å². The van der Waals surface area contributed by atoms with E-state index in [0.29, 0.717) is 11.8 Å². The first-order chi connectivity index (χ1) is 33.1. The Labute approximate surface area is 413 Å². The Morgan fingerprint density at radius 3 is 1.29 bits per heavy atom. The van der Waals surface area contributed by atoms with Crippen molar-refractivity contribution >= 4 is 17.1 Å². The third kappa shape index (κ3) is 6.61. The van der Waals surface area contributed by atoms with Gasteiger partial charge in [-0.05, 0) is 212 Å². The lowest BCUT2D eigenvalue weighted by Gasteiger charge is -2.61. The second-order valence-electron chi connectivity index (χ2n) is 25.5. The van der Waals surface area contributed by atoms with E-state index in [2.05, 4.69) is 212 Å². The standard InChI is InChI=1S/C68H71N/c1-64(2)30-32-66(5,6)61-39-48(22-28-58(61)64)45-18-24-52(25-19-45)69(53-26-20-46(21-27-53)49-23-29-59-62(40-49)67(7,8)33-31-65(59,3)4)63-42-56-54-16-12-13-17-57(54)68(50-35-43-34-44(37-50)38-51(68)36-43)60(56)41-55(63)47-14-10-9-11-15-47/h9-29,39-44,50-51H,30-38H2,1-8H3. The van der Waals surface area contributed by atoms with E-state index < -0.39 is 0 Å². The van der Waals surface area contributed by atoms with Crippen LogP contribution in [0, 0.1) is 23.7 Å². The highest BCUT2D eigenvalue weighted by Gasteiger charge is 2.61. The largest absolute Gasteiger partial charge is 0.310 e. The molecule has 7 aromatic rings. The van der Waals surface area contributed by atoms with Crippen LogP contribution in [0.3, 0.4) is 0 Å². The fraction of sp³-hybridized carbons (Fsp3) is 0.382. The van der Waals surface area contributed by atoms with Crippen molar-refractivity contribution in [2.75, 3.05) is 4.90 Å². The van der Waals surface area contributed by atoms with Crippen molar-refractivity contribution in [3.05, 3.63) is 185 Å². The van der Waals surface area contributed by atoms with E-state index in [-0.39, 0.29) is 27.1 Å². The van der Waals surface area contributed by atoms with Crippen molar-refractivity contribution in [3.8, 4) is 44.5 Å². The minimum Gasteiger partial charge on any atom is -0.310 e. The lowest BCUT2D eigenvalue weighted by molar-refractivity contribution is -0.0399. The Bertz CT molecular complexity index is 3010. The fourth-order valence-electron chi connectivity index (χ4n) is 15.8. The van der Waals surface area contributed by atoms with Crippen molar-refractivity contribution in [2.24, 2.45) is 23.7 Å². The number of hydrogen-bond acceptors (Lipinski definition) is 1. The maximum Gasteiger partial charge on any atom is 0.0546 e. The van der Waals surface area contributed by atoms with Crippen molar-refractivity contribution in [1.82, 2.24) is 0 Å². The molecule has 7 aliphatic rings. The van der Waals surface area contributed by atoms with E-state index in [1.165, 1.54) is 142 Å². The summed E-state index contributed by atoms with van der Waals surface area (Å²) in [5.74, 6) is 3.23. The molecule has 0 atom stereocenters. The summed E-state index contributed by atoms with van der Waals surface area (Å²) in [5.41, 5.74) is 24.3. The predicted octanol–water partition coefficient (Wildman–Crippen LogP) is 18.6. The van der Waals surface area contributed by atoms with Crippen LogP contribution in [0.25, 0.3) is 44.5 Å². The van der Waals surface area contributed by atoms with E-state index in [1.807, 2.05) is 0 Å². The average molecular weight is 902 g/mol. The molecule has 69 heavy (non-hydrogen) atoms. The van der Waals surface area contributed by atoms with E-state index in [0.717, 1.165) is 11.8 Å². The first-order valence-corrected chi connectivity index (χ1v) is 26.8. The number of fused-ring (bicyclic) bond motifs is 5. The SMILES string of the molecule is CC1(C)CCC(C)(C)c2cc(-c3ccc(N(c4ccc(-c5ccc6c(c5)C(C)(C)CCC6(C)C)cc4)c4cc5c(cc4-c4ccccc4)C4(c6ccccc6-5)C5CC6CC(C5)CC4C6)cc3)ccc21. The summed E-state index contributed by atoms with van der Waals surface area (Å²) in [6.45, 7) is 19.5. The van der Waals surface area contributed by atoms with Gasteiger partial charge in [0.2, 0.25) is 0 Å². The summed E-state index contributed by atoms with van der Waals surface area (Å²) in [7, 11) is 0. The van der Waals surface area contributed by atoms with Crippen molar-refractivity contribution in [2.45, 2.75) is 140 Å². The van der Waals surface area contributed by atoms with Gasteiger partial charge in [-0.15, -0.1) is 0 Å². The molecular weight excluding hydrogens is 831 g/mol. The van der Waals surface area contributed by atoms with Gasteiger partial charge in [-0.1, -0.05) is 171 Å². The zero-order valence-electron chi connectivity index (χ0n) is 42.6. The number of hydrogen-bond donors (Lipinski definition) is 0. The molecule has 4 saturated carbocycles. The van der Waals surface area contributed by atoms with Gasteiger partial charge in [0, 0.05) is 22.4 Å². The number of rotatable bonds is 6. The third-order valence-corrected chi connectivity index (χ3v) is 19.6. The average Bonchev–Trinajstić information content (AvgIpc) is 3.63. The van der Waals surface area contributed by atoms with Crippen LogP contribution in [0.15, 0.2) is 152 Å². The van der Waals surface area contributed by atoms with Gasteiger partial charge in [0.1, 0.15) is 0 Å². The highest BCUT2D eigenvalue weighted by atomic mass is 15.1. The topological polar surface area (TPSA) is 3.24 Å². The van der Waals surface area contributed by atoms with E-state index >= 15 is 0 Å². The molecule has 14 rings (SSSR count). The Morgan fingerprint density at radius 2 is 0.783 bits per heavy atom. The lowest BCUT2D eigenvalue weighted by Crippen LogP contribution is -2.55. The Morgan fingerprint density at radius 1 is 0.333 bits per heavy atom. The van der Waals surface area contributed by atoms with Gasteiger partial charge in [0.25, 0.3) is 0 Å². The molecule has 0 aromatic heterocycles. The summed E-state index contributed by atoms with van der Waals surface area (Å²) in [5, 5.41) is 0. The number of anilines is 3. The Balaban J connectivity index is 0.986. The maximum absolute atomic E-state index is 2.70. The Hall–Kier alpha value is -5.66. The van der Waals surface area contributed by atoms with Gasteiger partial charge in [-0.25, -0.2) is 0 Å². The molecule has 0 N–H and O–H groups in total. The molecule has 0 heterocycles. The molecule has 1 heteroatoms. The molecule has 1 nitrogen and oxygen atoms in total. The highest BCUT2D eigenvalue weighted by molar-refractivity contribution is 5.95. The van der Waals surface area contributed by atoms with Gasteiger partial charge < -0.3 is 4.90 Å². The first-order valence-electron chi connectivity index (χ1n) is 26.8. The summed E-state index contributed by atoms with van der Waals surface area (Å²) >= 11 is 0. The van der Waals surface area contributed by atoms with Crippen LogP contribution < -0.4 is 4.90 Å². The molecule has 0 aliphatic heterocycles. The minimum atomic E-state index is 0.0901. The molecular formula is C68H71N. The lowest BCUT2D eigenvalue weighted by atomic mass is 9.43. The fourth-order valence-corrected chi connectivity index (χ4v) is 15.8. The summed E-state index contributed by atoms with van der Waals surface area (Å²) < 4.78 is 0. The predicted molar refractivity (Wildman–Crippen MR) is 291 cm³/mol. The molecule has 0 saturated heterocycles. The van der Waals surface area contributed by atoms with Gasteiger partial charge in [0.05, 0.1) is 5.69 Å². The van der Waals surface area contributed by atoms with Crippen molar-refractivity contribution in [3.63, 3.8) is 0 Å². The molecule has 0 amide bonds. The van der Waals surface area contributed by atoms with E-state index in [1.54, 1.807) is 11.1 Å². The van der Waals surface area contributed by atoms with Crippen molar-refractivity contribution in [1.29, 1.82) is 0 Å². The van der Waals surface area contributed by atoms with Gasteiger partial charge >= 0.3 is 0 Å². The van der Waals surface area contributed by atoms with Gasteiger partial charge in [0.15, 0.2) is 0 Å². The third-order valence-electron chi connectivity index (χ3n) is 19.6. The highest BCUT2D eigenvalue weighted by Crippen LogP contribution is 2.70. The monoisotopic (exact) mass is 902 g/mol. The Kier molecular flexibility index (Phi) is 9.54. The molecule has 348 valence electrons. The molecule has 7 aliphatic carbocycles. The van der Waals surface area contributed by atoms with Crippen molar-refractivity contribution < 1.29 is 0 Å². The second kappa shape index (κ2) is 15.2. The molecule has 1 spiro atoms. The van der Waals surface area contributed by atoms with Crippen LogP contribution >= 0.6 is 0 Å². The van der Waals surface area contributed by atoms with Gasteiger partial charge in [-0.3, -0.25) is 0 Å². The number of nitrogens with zero attached hydrogens (tertiary/aromatic N) is 1. The second-order valence-corrected chi connectivity index (χ2v) is 25.5. The molecule has 0 radical (unpaired) electrons.